The first-order chi connectivity index (χ1) is 12.3. The molecule has 0 spiro atoms. The molecule has 3 aliphatic rings. The maximum absolute atomic E-state index is 12.7. The minimum atomic E-state index is 0.245. The van der Waals surface area contributed by atoms with Crippen LogP contribution in [-0.4, -0.2) is 75.9 Å². The first-order valence-corrected chi connectivity index (χ1v) is 10.0. The van der Waals surface area contributed by atoms with Crippen molar-refractivity contribution in [2.45, 2.75) is 51.1 Å². The molecule has 138 valence electrons. The number of H-pyrrole nitrogens is 1. The van der Waals surface area contributed by atoms with Crippen molar-refractivity contribution < 1.29 is 4.79 Å². The Bertz CT molecular complexity index is 546. The lowest BCUT2D eigenvalue weighted by molar-refractivity contribution is -0.136. The van der Waals surface area contributed by atoms with Gasteiger partial charge in [-0.25, -0.2) is 4.98 Å². The highest BCUT2D eigenvalue weighted by Crippen LogP contribution is 2.26. The van der Waals surface area contributed by atoms with E-state index in [1.165, 1.54) is 44.3 Å². The molecular formula is C19H31N5O. The molecule has 1 amide bonds. The van der Waals surface area contributed by atoms with E-state index in [4.69, 9.17) is 0 Å². The van der Waals surface area contributed by atoms with Gasteiger partial charge >= 0.3 is 0 Å². The average Bonchev–Trinajstić information content (AvgIpc) is 3.36. The van der Waals surface area contributed by atoms with Gasteiger partial charge in [0.15, 0.2) is 0 Å². The standard InChI is InChI=1S/C19H31N5O/c25-19(23-7-1-2-8-23)16-4-3-9-24(13-16)18-5-10-22(11-6-18)14-17-12-20-15-21-17/h12,15-16,18H,1-11,13-14H2,(H,20,21)/t16-/m0/s1. The van der Waals surface area contributed by atoms with Crippen LogP contribution in [0, 0.1) is 5.92 Å². The molecule has 0 bridgehead atoms. The molecule has 25 heavy (non-hydrogen) atoms. The number of nitrogens with one attached hydrogen (secondary N) is 1. The highest BCUT2D eigenvalue weighted by Gasteiger charge is 2.34. The van der Waals surface area contributed by atoms with Crippen molar-refractivity contribution in [2.75, 3.05) is 39.3 Å². The van der Waals surface area contributed by atoms with E-state index >= 15 is 0 Å². The third-order valence-electron chi connectivity index (χ3n) is 6.24. The van der Waals surface area contributed by atoms with Crippen LogP contribution in [0.15, 0.2) is 12.5 Å². The molecule has 0 aromatic carbocycles. The van der Waals surface area contributed by atoms with Crippen LogP contribution in [0.5, 0.6) is 0 Å². The fourth-order valence-corrected chi connectivity index (χ4v) is 4.79. The lowest BCUT2D eigenvalue weighted by atomic mass is 9.93. The van der Waals surface area contributed by atoms with E-state index in [-0.39, 0.29) is 5.92 Å². The van der Waals surface area contributed by atoms with Crippen LogP contribution in [0.3, 0.4) is 0 Å². The summed E-state index contributed by atoms with van der Waals surface area (Å²) in [4.78, 5) is 27.3. The molecule has 0 saturated carbocycles. The van der Waals surface area contributed by atoms with Gasteiger partial charge in [-0.2, -0.15) is 0 Å². The largest absolute Gasteiger partial charge is 0.347 e. The zero-order chi connectivity index (χ0) is 17.1. The number of aromatic amines is 1. The normalized spacial score (nSPS) is 27.0. The third-order valence-corrected chi connectivity index (χ3v) is 6.24. The molecule has 4 rings (SSSR count). The van der Waals surface area contributed by atoms with Crippen LogP contribution in [0.25, 0.3) is 0 Å². The summed E-state index contributed by atoms with van der Waals surface area (Å²) in [7, 11) is 0. The van der Waals surface area contributed by atoms with Gasteiger partial charge in [-0.3, -0.25) is 14.6 Å². The van der Waals surface area contributed by atoms with E-state index in [2.05, 4.69) is 24.7 Å². The summed E-state index contributed by atoms with van der Waals surface area (Å²) in [5, 5.41) is 0. The monoisotopic (exact) mass is 345 g/mol. The molecule has 3 fully saturated rings. The topological polar surface area (TPSA) is 55.5 Å². The van der Waals surface area contributed by atoms with Gasteiger partial charge in [-0.15, -0.1) is 0 Å². The van der Waals surface area contributed by atoms with Gasteiger partial charge in [-0.1, -0.05) is 0 Å². The van der Waals surface area contributed by atoms with Crippen LogP contribution >= 0.6 is 0 Å². The van der Waals surface area contributed by atoms with Gasteiger partial charge in [0.2, 0.25) is 5.91 Å². The first-order valence-electron chi connectivity index (χ1n) is 10.0. The number of aromatic nitrogens is 2. The Morgan fingerprint density at radius 3 is 2.60 bits per heavy atom. The molecule has 0 unspecified atom stereocenters. The summed E-state index contributed by atoms with van der Waals surface area (Å²) in [6, 6.07) is 0.659. The summed E-state index contributed by atoms with van der Waals surface area (Å²) >= 11 is 0. The van der Waals surface area contributed by atoms with Crippen LogP contribution in [0.4, 0.5) is 0 Å². The fourth-order valence-electron chi connectivity index (χ4n) is 4.79. The Morgan fingerprint density at radius 2 is 1.88 bits per heavy atom. The Kier molecular flexibility index (Phi) is 5.36. The number of imidazole rings is 1. The van der Waals surface area contributed by atoms with E-state index in [0.717, 1.165) is 45.7 Å². The molecule has 1 atom stereocenters. The molecule has 6 heteroatoms. The Morgan fingerprint density at radius 1 is 1.08 bits per heavy atom. The number of likely N-dealkylation sites (tertiary alicyclic amines) is 3. The molecule has 0 aliphatic carbocycles. The van der Waals surface area contributed by atoms with Crippen molar-refractivity contribution in [1.29, 1.82) is 0 Å². The van der Waals surface area contributed by atoms with Gasteiger partial charge in [0, 0.05) is 57.2 Å². The minimum Gasteiger partial charge on any atom is -0.347 e. The maximum Gasteiger partial charge on any atom is 0.226 e. The SMILES string of the molecule is O=C([C@H]1CCCN(C2CCN(Cc3cnc[nH]3)CC2)C1)N1CCCC1. The number of piperidine rings is 2. The van der Waals surface area contributed by atoms with Crippen molar-refractivity contribution in [1.82, 2.24) is 24.7 Å². The summed E-state index contributed by atoms with van der Waals surface area (Å²) in [6.07, 6.45) is 10.8. The Hall–Kier alpha value is -1.40. The lowest BCUT2D eigenvalue weighted by Gasteiger charge is -2.42. The average molecular weight is 345 g/mol. The quantitative estimate of drug-likeness (QED) is 0.903. The van der Waals surface area contributed by atoms with E-state index < -0.39 is 0 Å². The van der Waals surface area contributed by atoms with Crippen molar-refractivity contribution in [2.24, 2.45) is 5.92 Å². The number of nitrogens with zero attached hydrogens (tertiary/aromatic N) is 4. The summed E-state index contributed by atoms with van der Waals surface area (Å²) in [5.41, 5.74) is 1.20. The highest BCUT2D eigenvalue weighted by atomic mass is 16.2. The first kappa shape index (κ1) is 17.0. The van der Waals surface area contributed by atoms with Gasteiger partial charge in [-0.05, 0) is 45.1 Å². The summed E-state index contributed by atoms with van der Waals surface area (Å²) in [6.45, 7) is 7.40. The van der Waals surface area contributed by atoms with E-state index in [1.54, 1.807) is 6.33 Å². The lowest BCUT2D eigenvalue weighted by Crippen LogP contribution is -2.51. The smallest absolute Gasteiger partial charge is 0.226 e. The number of amides is 1. The molecule has 1 aromatic heterocycles. The van der Waals surface area contributed by atoms with Crippen molar-refractivity contribution in [3.8, 4) is 0 Å². The van der Waals surface area contributed by atoms with Crippen molar-refractivity contribution in [3.63, 3.8) is 0 Å². The molecule has 1 aromatic rings. The Labute approximate surface area is 150 Å². The van der Waals surface area contributed by atoms with Crippen molar-refractivity contribution >= 4 is 5.91 Å². The molecular weight excluding hydrogens is 314 g/mol. The van der Waals surface area contributed by atoms with Gasteiger partial charge in [0.25, 0.3) is 0 Å². The second kappa shape index (κ2) is 7.87. The number of hydrogen-bond acceptors (Lipinski definition) is 4. The fraction of sp³-hybridized carbons (Fsp3) is 0.789. The zero-order valence-electron chi connectivity index (χ0n) is 15.2. The number of rotatable bonds is 4. The molecule has 3 saturated heterocycles. The second-order valence-corrected chi connectivity index (χ2v) is 7.95. The highest BCUT2D eigenvalue weighted by molar-refractivity contribution is 5.79. The van der Waals surface area contributed by atoms with Crippen LogP contribution in [-0.2, 0) is 11.3 Å². The Balaban J connectivity index is 1.26. The molecule has 3 aliphatic heterocycles. The minimum absolute atomic E-state index is 0.245. The van der Waals surface area contributed by atoms with Crippen LogP contribution in [0.1, 0.15) is 44.2 Å². The second-order valence-electron chi connectivity index (χ2n) is 7.95. The number of carbonyl (C=O) groups excluding carboxylic acids is 1. The van der Waals surface area contributed by atoms with E-state index in [1.807, 2.05) is 6.20 Å². The number of carbonyl (C=O) groups is 1. The van der Waals surface area contributed by atoms with Gasteiger partial charge in [0.1, 0.15) is 0 Å². The zero-order valence-corrected chi connectivity index (χ0v) is 15.2. The maximum atomic E-state index is 12.7. The van der Waals surface area contributed by atoms with E-state index in [9.17, 15) is 4.79 Å². The molecule has 4 heterocycles. The summed E-state index contributed by atoms with van der Waals surface area (Å²) in [5.74, 6) is 0.675. The van der Waals surface area contributed by atoms with Crippen molar-refractivity contribution in [3.05, 3.63) is 18.2 Å². The molecule has 1 N–H and O–H groups in total. The summed E-state index contributed by atoms with van der Waals surface area (Å²) < 4.78 is 0. The van der Waals surface area contributed by atoms with Gasteiger partial charge in [0.05, 0.1) is 12.2 Å². The predicted molar refractivity (Wildman–Crippen MR) is 97.0 cm³/mol. The molecule has 0 radical (unpaired) electrons. The molecule has 6 nitrogen and oxygen atoms in total. The predicted octanol–water partition coefficient (Wildman–Crippen LogP) is 1.71. The third kappa shape index (κ3) is 4.06. The number of hydrogen-bond donors (Lipinski definition) is 1. The van der Waals surface area contributed by atoms with Gasteiger partial charge < -0.3 is 9.88 Å². The van der Waals surface area contributed by atoms with Crippen LogP contribution in [0.2, 0.25) is 0 Å². The van der Waals surface area contributed by atoms with Crippen LogP contribution < -0.4 is 0 Å². The van der Waals surface area contributed by atoms with E-state index in [0.29, 0.717) is 11.9 Å².